The van der Waals surface area contributed by atoms with Crippen LogP contribution >= 0.6 is 11.6 Å². The predicted octanol–water partition coefficient (Wildman–Crippen LogP) is 3.88. The van der Waals surface area contributed by atoms with Crippen molar-refractivity contribution in [3.63, 3.8) is 0 Å². The summed E-state index contributed by atoms with van der Waals surface area (Å²) < 4.78 is 5.60. The highest BCUT2D eigenvalue weighted by molar-refractivity contribution is 6.35. The van der Waals surface area contributed by atoms with Crippen molar-refractivity contribution in [2.24, 2.45) is 0 Å². The number of anilines is 1. The minimum Gasteiger partial charge on any atom is -0.481 e. The van der Waals surface area contributed by atoms with Gasteiger partial charge in [0.15, 0.2) is 0 Å². The van der Waals surface area contributed by atoms with Crippen molar-refractivity contribution in [2.75, 3.05) is 32.1 Å². The highest BCUT2D eigenvalue weighted by Crippen LogP contribution is 2.38. The minimum absolute atomic E-state index is 0.0544. The average molecular weight is 630 g/mol. The summed E-state index contributed by atoms with van der Waals surface area (Å²) in [5, 5.41) is 21.7. The quantitative estimate of drug-likeness (QED) is 0.139. The van der Waals surface area contributed by atoms with Crippen LogP contribution in [0.1, 0.15) is 40.0 Å². The Morgan fingerprint density at radius 1 is 1.09 bits per heavy atom. The second-order valence-electron chi connectivity index (χ2n) is 10.7. The fourth-order valence-corrected chi connectivity index (χ4v) is 5.47. The van der Waals surface area contributed by atoms with E-state index in [1.807, 2.05) is 49.4 Å². The molecule has 5 N–H and O–H groups in total. The molecule has 4 aromatic rings. The first-order chi connectivity index (χ1) is 21.9. The van der Waals surface area contributed by atoms with Crippen LogP contribution in [0.4, 0.5) is 5.69 Å². The number of carbonyl (C=O) groups is 2. The predicted molar refractivity (Wildman–Crippen MR) is 173 cm³/mol. The zero-order valence-corrected chi connectivity index (χ0v) is 25.9. The standard InChI is InChI=1S/C33H36ClN7O4/c1-20-24(4-3-5-26(20)40-32(44)28-9-6-21(17-38-28)16-35-14-15-42)31-30(34)25(12-13-37-31)27-10-7-22(33(41-27)45-2)18-36-19-23-8-11-29(43)39-23/h3-7,9-10,12-13,17,23,35-36,42H,8,11,14-16,18-19H2,1-2H3,(H,39,43)(H,40,44). The third kappa shape index (κ3) is 7.81. The Bertz CT molecular complexity index is 1670. The molecule has 0 bridgehead atoms. The molecular weight excluding hydrogens is 594 g/mol. The zero-order valence-electron chi connectivity index (χ0n) is 25.2. The minimum atomic E-state index is -0.336. The van der Waals surface area contributed by atoms with Gasteiger partial charge in [0.2, 0.25) is 11.8 Å². The maximum atomic E-state index is 13.0. The van der Waals surface area contributed by atoms with Crippen molar-refractivity contribution in [1.29, 1.82) is 0 Å². The summed E-state index contributed by atoms with van der Waals surface area (Å²) in [7, 11) is 1.58. The molecule has 1 aliphatic rings. The van der Waals surface area contributed by atoms with Gasteiger partial charge in [-0.3, -0.25) is 19.6 Å². The number of aliphatic hydroxyl groups excluding tert-OH is 1. The van der Waals surface area contributed by atoms with Gasteiger partial charge in [-0.2, -0.15) is 0 Å². The molecule has 1 saturated heterocycles. The van der Waals surface area contributed by atoms with Crippen molar-refractivity contribution in [3.05, 3.63) is 88.3 Å². The monoisotopic (exact) mass is 629 g/mol. The lowest BCUT2D eigenvalue weighted by molar-refractivity contribution is -0.119. The van der Waals surface area contributed by atoms with Crippen LogP contribution in [0.25, 0.3) is 22.5 Å². The Labute approximate surface area is 266 Å². The first kappa shape index (κ1) is 32.0. The van der Waals surface area contributed by atoms with Crippen molar-refractivity contribution in [1.82, 2.24) is 30.9 Å². The normalized spacial score (nSPS) is 14.3. The number of ether oxygens (including phenoxy) is 1. The number of rotatable bonds is 13. The molecule has 11 nitrogen and oxygen atoms in total. The zero-order chi connectivity index (χ0) is 31.8. The van der Waals surface area contributed by atoms with Crippen LogP contribution < -0.4 is 26.0 Å². The number of nitrogens with zero attached hydrogens (tertiary/aromatic N) is 3. The molecule has 0 spiro atoms. The van der Waals surface area contributed by atoms with Crippen LogP contribution in [0.3, 0.4) is 0 Å². The molecular formula is C33H36ClN7O4. The molecule has 0 saturated carbocycles. The lowest BCUT2D eigenvalue weighted by atomic mass is 10.0. The smallest absolute Gasteiger partial charge is 0.274 e. The molecule has 1 fully saturated rings. The molecule has 45 heavy (non-hydrogen) atoms. The number of hydrogen-bond donors (Lipinski definition) is 5. The maximum Gasteiger partial charge on any atom is 0.274 e. The third-order valence-corrected chi connectivity index (χ3v) is 7.98. The van der Waals surface area contributed by atoms with E-state index in [4.69, 9.17) is 26.4 Å². The molecule has 234 valence electrons. The number of aromatic nitrogens is 3. The molecule has 2 amide bonds. The highest BCUT2D eigenvalue weighted by Gasteiger charge is 2.21. The van der Waals surface area contributed by atoms with Gasteiger partial charge in [-0.15, -0.1) is 0 Å². The summed E-state index contributed by atoms with van der Waals surface area (Å²) in [4.78, 5) is 38.1. The van der Waals surface area contributed by atoms with Crippen LogP contribution in [0.15, 0.2) is 60.9 Å². The van der Waals surface area contributed by atoms with Crippen LogP contribution in [0.2, 0.25) is 5.02 Å². The molecule has 4 heterocycles. The number of aliphatic hydroxyl groups is 1. The summed E-state index contributed by atoms with van der Waals surface area (Å²) in [5.74, 6) is 0.236. The van der Waals surface area contributed by atoms with E-state index in [2.05, 4.69) is 31.2 Å². The molecule has 1 atom stereocenters. The molecule has 1 aliphatic heterocycles. The second kappa shape index (κ2) is 15.0. The lowest BCUT2D eigenvalue weighted by Gasteiger charge is -2.16. The first-order valence-corrected chi connectivity index (χ1v) is 15.1. The van der Waals surface area contributed by atoms with E-state index in [0.717, 1.165) is 28.7 Å². The highest BCUT2D eigenvalue weighted by atomic mass is 35.5. The Morgan fingerprint density at radius 3 is 2.69 bits per heavy atom. The van der Waals surface area contributed by atoms with Crippen molar-refractivity contribution in [2.45, 2.75) is 38.9 Å². The van der Waals surface area contributed by atoms with E-state index in [-0.39, 0.29) is 30.2 Å². The van der Waals surface area contributed by atoms with Gasteiger partial charge < -0.3 is 31.1 Å². The van der Waals surface area contributed by atoms with Gasteiger partial charge in [0, 0.05) is 73.4 Å². The molecule has 5 rings (SSSR count). The van der Waals surface area contributed by atoms with Crippen LogP contribution in [-0.2, 0) is 17.9 Å². The van der Waals surface area contributed by atoms with E-state index in [1.165, 1.54) is 0 Å². The van der Waals surface area contributed by atoms with Gasteiger partial charge in [-0.25, -0.2) is 4.98 Å². The van der Waals surface area contributed by atoms with Crippen molar-refractivity contribution >= 4 is 29.1 Å². The molecule has 0 radical (unpaired) electrons. The number of amides is 2. The topological polar surface area (TPSA) is 150 Å². The first-order valence-electron chi connectivity index (χ1n) is 14.7. The Balaban J connectivity index is 1.32. The number of pyridine rings is 3. The Hall–Kier alpha value is -4.42. The summed E-state index contributed by atoms with van der Waals surface area (Å²) in [6.45, 7) is 4.20. The third-order valence-electron chi connectivity index (χ3n) is 7.60. The van der Waals surface area contributed by atoms with Gasteiger partial charge in [-0.05, 0) is 48.7 Å². The van der Waals surface area contributed by atoms with Gasteiger partial charge in [0.1, 0.15) is 5.69 Å². The van der Waals surface area contributed by atoms with Gasteiger partial charge >= 0.3 is 0 Å². The molecule has 0 aliphatic carbocycles. The van der Waals surface area contributed by atoms with E-state index in [0.29, 0.717) is 66.1 Å². The molecule has 1 unspecified atom stereocenters. The van der Waals surface area contributed by atoms with E-state index >= 15 is 0 Å². The summed E-state index contributed by atoms with van der Waals surface area (Å²) in [5.41, 5.74) is 6.15. The SMILES string of the molecule is COc1nc(-c2ccnc(-c3cccc(NC(=O)c4ccc(CNCCO)cn4)c3C)c2Cl)ccc1CNCC1CCC(=O)N1. The lowest BCUT2D eigenvalue weighted by Crippen LogP contribution is -2.35. The number of benzene rings is 1. The fourth-order valence-electron chi connectivity index (χ4n) is 5.16. The van der Waals surface area contributed by atoms with E-state index in [1.54, 1.807) is 25.6 Å². The second-order valence-corrected chi connectivity index (χ2v) is 11.1. The van der Waals surface area contributed by atoms with Crippen LogP contribution in [0, 0.1) is 6.92 Å². The average Bonchev–Trinajstić information content (AvgIpc) is 3.47. The van der Waals surface area contributed by atoms with Crippen LogP contribution in [0.5, 0.6) is 5.88 Å². The molecule has 12 heteroatoms. The fraction of sp³-hybridized carbons (Fsp3) is 0.303. The Kier molecular flexibility index (Phi) is 10.7. The van der Waals surface area contributed by atoms with Gasteiger partial charge in [-0.1, -0.05) is 35.9 Å². The number of methoxy groups -OCH3 is 1. The summed E-state index contributed by atoms with van der Waals surface area (Å²) in [6, 6.07) is 14.9. The number of carbonyl (C=O) groups excluding carboxylic acids is 2. The van der Waals surface area contributed by atoms with E-state index in [9.17, 15) is 9.59 Å². The number of halogens is 1. The number of hydrogen-bond acceptors (Lipinski definition) is 9. The van der Waals surface area contributed by atoms with Gasteiger partial charge in [0.05, 0.1) is 30.1 Å². The largest absolute Gasteiger partial charge is 0.481 e. The van der Waals surface area contributed by atoms with Gasteiger partial charge in [0.25, 0.3) is 5.91 Å². The molecule has 3 aromatic heterocycles. The van der Waals surface area contributed by atoms with Crippen molar-refractivity contribution in [3.8, 4) is 28.4 Å². The Morgan fingerprint density at radius 2 is 1.96 bits per heavy atom. The summed E-state index contributed by atoms with van der Waals surface area (Å²) >= 11 is 6.96. The van der Waals surface area contributed by atoms with Crippen molar-refractivity contribution < 1.29 is 19.4 Å². The number of nitrogens with one attached hydrogen (secondary N) is 4. The van der Waals surface area contributed by atoms with E-state index < -0.39 is 0 Å². The molecule has 1 aromatic carbocycles. The van der Waals surface area contributed by atoms with Crippen LogP contribution in [-0.4, -0.2) is 64.7 Å². The maximum absolute atomic E-state index is 13.0. The summed E-state index contributed by atoms with van der Waals surface area (Å²) in [6.07, 6.45) is 4.72.